The lowest BCUT2D eigenvalue weighted by atomic mass is 10.1. The number of sulfonamides is 1. The second-order valence-corrected chi connectivity index (χ2v) is 14.4. The Morgan fingerprint density at radius 2 is 1.62 bits per heavy atom. The summed E-state index contributed by atoms with van der Waals surface area (Å²) in [4.78, 5) is 44.1. The number of aryl methyl sites for hydroxylation is 3. The van der Waals surface area contributed by atoms with E-state index >= 15 is 0 Å². The van der Waals surface area contributed by atoms with Gasteiger partial charge >= 0.3 is 12.1 Å². The third-order valence-corrected chi connectivity index (χ3v) is 10.4. The molecule has 0 aliphatic carbocycles. The molecule has 0 spiro atoms. The van der Waals surface area contributed by atoms with Gasteiger partial charge in [0.05, 0.1) is 23.6 Å². The van der Waals surface area contributed by atoms with Crippen LogP contribution in [0.2, 0.25) is 0 Å². The van der Waals surface area contributed by atoms with Crippen LogP contribution < -0.4 is 15.4 Å². The number of rotatable bonds is 15. The normalized spacial score (nSPS) is 16.2. The summed E-state index contributed by atoms with van der Waals surface area (Å²) < 4.78 is 40.0. The third-order valence-electron chi connectivity index (χ3n) is 8.63. The van der Waals surface area contributed by atoms with E-state index in [1.54, 1.807) is 37.1 Å². The van der Waals surface area contributed by atoms with Crippen molar-refractivity contribution in [1.29, 1.82) is 0 Å². The lowest BCUT2D eigenvalue weighted by molar-refractivity contribution is -0.139. The number of nitrogens with zero attached hydrogens (tertiary/aromatic N) is 2. The number of hydrogen-bond donors (Lipinski definition) is 4. The van der Waals surface area contributed by atoms with Crippen molar-refractivity contribution in [3.05, 3.63) is 113 Å². The summed E-state index contributed by atoms with van der Waals surface area (Å²) in [5.41, 5.74) is 4.68. The highest BCUT2D eigenvalue weighted by Crippen LogP contribution is 2.24. The highest BCUT2D eigenvalue weighted by molar-refractivity contribution is 7.89. The molecule has 4 aromatic rings. The molecule has 2 amide bonds. The van der Waals surface area contributed by atoms with Gasteiger partial charge in [-0.3, -0.25) is 9.59 Å². The quantitative estimate of drug-likeness (QED) is 0.137. The van der Waals surface area contributed by atoms with E-state index in [0.29, 0.717) is 29.9 Å². The molecule has 13 nitrogen and oxygen atoms in total. The van der Waals surface area contributed by atoms with Crippen LogP contribution in [0.4, 0.5) is 10.6 Å². The van der Waals surface area contributed by atoms with Gasteiger partial charge in [0, 0.05) is 24.8 Å². The minimum absolute atomic E-state index is 0.00360. The molecule has 2 heterocycles. The Balaban J connectivity index is 1.17. The zero-order valence-corrected chi connectivity index (χ0v) is 30.1. The van der Waals surface area contributed by atoms with Gasteiger partial charge in [0.1, 0.15) is 25.1 Å². The van der Waals surface area contributed by atoms with Crippen molar-refractivity contribution in [3.63, 3.8) is 0 Å². The number of carboxylic acids is 1. The molecule has 1 aliphatic rings. The van der Waals surface area contributed by atoms with Gasteiger partial charge in [0.2, 0.25) is 15.9 Å². The number of carboxylic acid groups (broad SMARTS) is 1. The Bertz CT molecular complexity index is 1940. The van der Waals surface area contributed by atoms with Gasteiger partial charge in [-0.15, -0.1) is 0 Å². The summed E-state index contributed by atoms with van der Waals surface area (Å²) in [6.45, 7) is 4.74. The maximum atomic E-state index is 13.3. The molecule has 1 aliphatic heterocycles. The fourth-order valence-corrected chi connectivity index (χ4v) is 7.85. The number of pyridine rings is 1. The first-order valence-corrected chi connectivity index (χ1v) is 18.3. The van der Waals surface area contributed by atoms with E-state index in [4.69, 9.17) is 9.47 Å². The Labute approximate surface area is 303 Å². The van der Waals surface area contributed by atoms with Crippen LogP contribution in [0.5, 0.6) is 0 Å². The van der Waals surface area contributed by atoms with E-state index < -0.39 is 53.3 Å². The minimum Gasteiger partial charge on any atom is -0.480 e. The van der Waals surface area contributed by atoms with E-state index in [0.717, 1.165) is 22.3 Å². The molecule has 0 radical (unpaired) electrons. The van der Waals surface area contributed by atoms with Gasteiger partial charge in [0.15, 0.2) is 0 Å². The molecule has 5 rings (SSSR count). The number of likely N-dealkylation sites (tertiary alicyclic amines) is 1. The molecule has 1 saturated heterocycles. The van der Waals surface area contributed by atoms with Crippen LogP contribution >= 0.6 is 0 Å². The van der Waals surface area contributed by atoms with Gasteiger partial charge < -0.3 is 30.1 Å². The first-order chi connectivity index (χ1) is 24.9. The first-order valence-electron chi connectivity index (χ1n) is 16.8. The van der Waals surface area contributed by atoms with Crippen molar-refractivity contribution in [2.45, 2.75) is 56.9 Å². The van der Waals surface area contributed by atoms with Crippen LogP contribution in [0.15, 0.2) is 96.0 Å². The van der Waals surface area contributed by atoms with E-state index in [9.17, 15) is 27.9 Å². The number of aromatic nitrogens is 1. The number of aliphatic carboxylic acids is 1. The number of amides is 2. The molecule has 274 valence electrons. The van der Waals surface area contributed by atoms with Crippen molar-refractivity contribution in [1.82, 2.24) is 19.9 Å². The third kappa shape index (κ3) is 10.1. The topological polar surface area (TPSA) is 176 Å². The molecule has 14 heteroatoms. The summed E-state index contributed by atoms with van der Waals surface area (Å²) >= 11 is 0. The van der Waals surface area contributed by atoms with Gasteiger partial charge in [-0.05, 0) is 61.6 Å². The monoisotopic (exact) mass is 729 g/mol. The maximum Gasteiger partial charge on any atom is 0.410 e. The molecule has 1 aromatic heterocycles. The smallest absolute Gasteiger partial charge is 0.410 e. The molecule has 3 aromatic carbocycles. The first kappa shape index (κ1) is 37.9. The Kier molecular flexibility index (Phi) is 12.6. The van der Waals surface area contributed by atoms with Crippen molar-refractivity contribution >= 4 is 33.8 Å². The van der Waals surface area contributed by atoms with Crippen LogP contribution in [0.3, 0.4) is 0 Å². The Hall–Kier alpha value is -5.31. The maximum absolute atomic E-state index is 13.3. The summed E-state index contributed by atoms with van der Waals surface area (Å²) in [5.74, 6) is -1.47. The van der Waals surface area contributed by atoms with E-state index in [1.807, 2.05) is 79.7 Å². The second-order valence-electron chi connectivity index (χ2n) is 12.7. The molecular formula is C38H43N5O8S. The number of ether oxygens (including phenoxy) is 2. The lowest BCUT2D eigenvalue weighted by Gasteiger charge is -2.24. The number of nitrogens with one attached hydrogen (secondary N) is 3. The van der Waals surface area contributed by atoms with Crippen LogP contribution in [0.1, 0.15) is 28.7 Å². The molecule has 3 unspecified atom stereocenters. The number of hydrogen-bond acceptors (Lipinski definition) is 9. The Morgan fingerprint density at radius 3 is 2.25 bits per heavy atom. The molecule has 4 N–H and O–H groups in total. The van der Waals surface area contributed by atoms with Gasteiger partial charge in [0.25, 0.3) is 0 Å². The summed E-state index contributed by atoms with van der Waals surface area (Å²) in [7, 11) is -4.21. The molecule has 1 fully saturated rings. The summed E-state index contributed by atoms with van der Waals surface area (Å²) in [5, 5.41) is 15.5. The highest BCUT2D eigenvalue weighted by Gasteiger charge is 2.37. The minimum atomic E-state index is -4.21. The fraction of sp³-hybridized carbons (Fsp3) is 0.316. The van der Waals surface area contributed by atoms with E-state index in [-0.39, 0.29) is 24.1 Å². The molecule has 3 atom stereocenters. The van der Waals surface area contributed by atoms with Crippen molar-refractivity contribution in [3.8, 4) is 11.1 Å². The molecule has 52 heavy (non-hydrogen) atoms. The lowest BCUT2D eigenvalue weighted by Crippen LogP contribution is -2.49. The van der Waals surface area contributed by atoms with Gasteiger partial charge in [-0.25, -0.2) is 18.2 Å². The summed E-state index contributed by atoms with van der Waals surface area (Å²) in [6.07, 6.45) is 1.09. The second kappa shape index (κ2) is 17.3. The number of carbonyl (C=O) groups excluding carboxylic acids is 2. The van der Waals surface area contributed by atoms with Crippen LogP contribution in [0.25, 0.3) is 11.1 Å². The number of carbonyl (C=O) groups is 3. The number of benzene rings is 3. The number of anilines is 1. The average Bonchev–Trinajstić information content (AvgIpc) is 3.54. The van der Waals surface area contributed by atoms with Crippen molar-refractivity contribution in [2.24, 2.45) is 0 Å². The van der Waals surface area contributed by atoms with Crippen molar-refractivity contribution in [2.75, 3.05) is 31.6 Å². The zero-order valence-electron chi connectivity index (χ0n) is 29.2. The molecule has 0 saturated carbocycles. The zero-order chi connectivity index (χ0) is 37.3. The molecular weight excluding hydrogens is 687 g/mol. The predicted octanol–water partition coefficient (Wildman–Crippen LogP) is 4.43. The predicted molar refractivity (Wildman–Crippen MR) is 195 cm³/mol. The van der Waals surface area contributed by atoms with Gasteiger partial charge in [-0.1, -0.05) is 78.4 Å². The Morgan fingerprint density at radius 1 is 0.942 bits per heavy atom. The highest BCUT2D eigenvalue weighted by atomic mass is 32.2. The van der Waals surface area contributed by atoms with Crippen LogP contribution in [0, 0.1) is 20.8 Å². The van der Waals surface area contributed by atoms with Crippen molar-refractivity contribution < 1.29 is 37.4 Å². The standard InChI is InChI=1S/C38H43N5O8S/c1-25-16-26(2)36(27(3)17-25)52(48,49)42-33(37(45)46)21-41-35(44)24-50-32-18-31(43(22-32)38(47)51-23-28-10-6-4-7-11-28)20-40-34-15-14-30(19-39-34)29-12-8-5-9-13-29/h4-17,19,31-33,42H,18,20-24H2,1-3H3,(H,39,40)(H,41,44)(H,45,46). The van der Waals surface area contributed by atoms with Gasteiger partial charge in [-0.2, -0.15) is 4.72 Å². The SMILES string of the molecule is Cc1cc(C)c(S(=O)(=O)NC(CNC(=O)COC2CC(CNc3ccc(-c4ccccc4)cn3)N(C(=O)OCc3ccccc3)C2)C(=O)O)c(C)c1. The van der Waals surface area contributed by atoms with E-state index in [1.165, 1.54) is 0 Å². The molecule has 0 bridgehead atoms. The largest absolute Gasteiger partial charge is 0.480 e. The average molecular weight is 730 g/mol. The van der Waals surface area contributed by atoms with Crippen LogP contribution in [-0.4, -0.2) is 85.8 Å². The fourth-order valence-electron chi connectivity index (χ4n) is 6.21. The summed E-state index contributed by atoms with van der Waals surface area (Å²) in [6, 6.07) is 24.4. The van der Waals surface area contributed by atoms with Crippen LogP contribution in [-0.2, 0) is 35.7 Å². The van der Waals surface area contributed by atoms with E-state index in [2.05, 4.69) is 20.3 Å².